The van der Waals surface area contributed by atoms with Gasteiger partial charge in [0.25, 0.3) is 0 Å². The zero-order valence-electron chi connectivity index (χ0n) is 10.4. The molecule has 0 aliphatic carbocycles. The van der Waals surface area contributed by atoms with E-state index in [9.17, 15) is 0 Å². The van der Waals surface area contributed by atoms with E-state index < -0.39 is 0 Å². The number of furan rings is 2. The molecule has 2 aromatic heterocycles. The van der Waals surface area contributed by atoms with Crippen LogP contribution in [0.15, 0.2) is 50.7 Å². The minimum Gasteiger partial charge on any atom is -0.467 e. The van der Waals surface area contributed by atoms with Crippen molar-refractivity contribution in [2.24, 2.45) is 5.10 Å². The summed E-state index contributed by atoms with van der Waals surface area (Å²) in [6.07, 6.45) is 3.99. The highest BCUT2D eigenvalue weighted by Gasteiger charge is 2.33. The summed E-state index contributed by atoms with van der Waals surface area (Å²) in [6.45, 7) is 0. The molecule has 1 atom stereocenters. The predicted molar refractivity (Wildman–Crippen MR) is 74.8 cm³/mol. The van der Waals surface area contributed by atoms with Gasteiger partial charge in [-0.2, -0.15) is 5.10 Å². The Morgan fingerprint density at radius 1 is 1.37 bits per heavy atom. The molecule has 0 saturated carbocycles. The molecule has 0 bridgehead atoms. The lowest BCUT2D eigenvalue weighted by molar-refractivity contribution is 0.312. The molecule has 0 spiro atoms. The quantitative estimate of drug-likeness (QED) is 0.854. The van der Waals surface area contributed by atoms with Gasteiger partial charge in [0.1, 0.15) is 23.3 Å². The molecule has 0 aromatic carbocycles. The van der Waals surface area contributed by atoms with E-state index in [1.165, 1.54) is 0 Å². The predicted octanol–water partition coefficient (Wildman–Crippen LogP) is 2.53. The standard InChI is InChI=1S/C13H13N3O2S/c1-14-13(19)16-10(12-5-3-7-18-12)8-9(15-16)11-4-2-6-17-11/h2-7,10H,8H2,1H3,(H,14,19). The third kappa shape index (κ3) is 2.15. The lowest BCUT2D eigenvalue weighted by Crippen LogP contribution is -2.34. The summed E-state index contributed by atoms with van der Waals surface area (Å²) >= 11 is 5.28. The topological polar surface area (TPSA) is 53.9 Å². The van der Waals surface area contributed by atoms with E-state index in [1.807, 2.05) is 24.3 Å². The van der Waals surface area contributed by atoms with Gasteiger partial charge in [-0.15, -0.1) is 0 Å². The van der Waals surface area contributed by atoms with Crippen LogP contribution in [0.3, 0.4) is 0 Å². The number of nitrogens with one attached hydrogen (secondary N) is 1. The number of hydrazone groups is 1. The van der Waals surface area contributed by atoms with Crippen molar-refractivity contribution in [3.8, 4) is 0 Å². The van der Waals surface area contributed by atoms with Crippen molar-refractivity contribution in [2.75, 3.05) is 7.05 Å². The van der Waals surface area contributed by atoms with Crippen molar-refractivity contribution in [2.45, 2.75) is 12.5 Å². The summed E-state index contributed by atoms with van der Waals surface area (Å²) in [5, 5.41) is 9.79. The van der Waals surface area contributed by atoms with E-state index in [0.29, 0.717) is 11.5 Å². The summed E-state index contributed by atoms with van der Waals surface area (Å²) in [5.74, 6) is 1.60. The maximum atomic E-state index is 5.47. The van der Waals surface area contributed by atoms with Crippen molar-refractivity contribution >= 4 is 23.0 Å². The van der Waals surface area contributed by atoms with Gasteiger partial charge in [-0.3, -0.25) is 0 Å². The number of nitrogens with zero attached hydrogens (tertiary/aromatic N) is 2. The first-order chi connectivity index (χ1) is 9.29. The van der Waals surface area contributed by atoms with Gasteiger partial charge in [-0.25, -0.2) is 5.01 Å². The van der Waals surface area contributed by atoms with Crippen LogP contribution in [0.4, 0.5) is 0 Å². The van der Waals surface area contributed by atoms with E-state index in [0.717, 1.165) is 17.2 Å². The largest absolute Gasteiger partial charge is 0.467 e. The molecule has 1 aliphatic heterocycles. The maximum Gasteiger partial charge on any atom is 0.190 e. The lowest BCUT2D eigenvalue weighted by Gasteiger charge is -2.21. The zero-order valence-corrected chi connectivity index (χ0v) is 11.2. The van der Waals surface area contributed by atoms with E-state index in [1.54, 1.807) is 24.6 Å². The lowest BCUT2D eigenvalue weighted by atomic mass is 10.1. The molecule has 1 N–H and O–H groups in total. The summed E-state index contributed by atoms with van der Waals surface area (Å²) in [7, 11) is 1.78. The van der Waals surface area contributed by atoms with Crippen molar-refractivity contribution in [3.05, 3.63) is 48.3 Å². The molecule has 19 heavy (non-hydrogen) atoms. The zero-order chi connectivity index (χ0) is 13.2. The SMILES string of the molecule is CNC(=S)N1N=C(c2ccco2)CC1c1ccco1. The second-order valence-electron chi connectivity index (χ2n) is 4.16. The van der Waals surface area contributed by atoms with Gasteiger partial charge in [-0.1, -0.05) is 0 Å². The molecular formula is C13H13N3O2S. The van der Waals surface area contributed by atoms with Gasteiger partial charge in [-0.05, 0) is 36.5 Å². The Bertz CT molecular complexity index is 589. The van der Waals surface area contributed by atoms with Crippen molar-refractivity contribution in [3.63, 3.8) is 0 Å². The number of hydrogen-bond acceptors (Lipinski definition) is 4. The fraction of sp³-hybridized carbons (Fsp3) is 0.231. The molecule has 3 heterocycles. The van der Waals surface area contributed by atoms with E-state index in [4.69, 9.17) is 21.1 Å². The van der Waals surface area contributed by atoms with Crippen LogP contribution in [-0.4, -0.2) is 22.9 Å². The highest BCUT2D eigenvalue weighted by molar-refractivity contribution is 7.80. The smallest absolute Gasteiger partial charge is 0.190 e. The van der Waals surface area contributed by atoms with Crippen molar-refractivity contribution in [1.82, 2.24) is 10.3 Å². The molecule has 6 heteroatoms. The number of hydrogen-bond donors (Lipinski definition) is 1. The normalized spacial score (nSPS) is 18.5. The summed E-state index contributed by atoms with van der Waals surface area (Å²) in [6, 6.07) is 7.50. The van der Waals surface area contributed by atoms with Gasteiger partial charge in [0.15, 0.2) is 5.11 Å². The van der Waals surface area contributed by atoms with Crippen LogP contribution in [-0.2, 0) is 0 Å². The average Bonchev–Trinajstić information content (AvgIpc) is 3.14. The first kappa shape index (κ1) is 12.0. The van der Waals surface area contributed by atoms with Gasteiger partial charge in [0.05, 0.1) is 12.5 Å². The van der Waals surface area contributed by atoms with Gasteiger partial charge >= 0.3 is 0 Å². The van der Waals surface area contributed by atoms with Crippen molar-refractivity contribution < 1.29 is 8.83 Å². The number of rotatable bonds is 2. The first-order valence-electron chi connectivity index (χ1n) is 5.95. The average molecular weight is 275 g/mol. The second kappa shape index (κ2) is 4.89. The summed E-state index contributed by atoms with van der Waals surface area (Å²) in [5.41, 5.74) is 0.865. The molecule has 0 radical (unpaired) electrons. The molecule has 0 fully saturated rings. The molecule has 0 saturated heterocycles. The molecule has 5 nitrogen and oxygen atoms in total. The Balaban J connectivity index is 1.93. The Morgan fingerprint density at radius 3 is 2.79 bits per heavy atom. The summed E-state index contributed by atoms with van der Waals surface area (Å²) in [4.78, 5) is 0. The number of thiocarbonyl (C=S) groups is 1. The fourth-order valence-corrected chi connectivity index (χ4v) is 2.27. The highest BCUT2D eigenvalue weighted by atomic mass is 32.1. The molecule has 98 valence electrons. The minimum absolute atomic E-state index is 0.0324. The Labute approximate surface area is 115 Å². The van der Waals surface area contributed by atoms with E-state index >= 15 is 0 Å². The fourth-order valence-electron chi connectivity index (χ4n) is 2.11. The highest BCUT2D eigenvalue weighted by Crippen LogP contribution is 2.32. The Hall–Kier alpha value is -2.08. The van der Waals surface area contributed by atoms with E-state index in [-0.39, 0.29) is 6.04 Å². The third-order valence-electron chi connectivity index (χ3n) is 3.01. The minimum atomic E-state index is -0.0324. The van der Waals surface area contributed by atoms with Crippen LogP contribution in [0.25, 0.3) is 0 Å². The third-order valence-corrected chi connectivity index (χ3v) is 3.40. The molecule has 0 amide bonds. The molecule has 3 rings (SSSR count). The monoisotopic (exact) mass is 275 g/mol. The molecule has 2 aromatic rings. The second-order valence-corrected chi connectivity index (χ2v) is 4.55. The van der Waals surface area contributed by atoms with Crippen LogP contribution in [0.2, 0.25) is 0 Å². The van der Waals surface area contributed by atoms with Crippen LogP contribution >= 0.6 is 12.2 Å². The van der Waals surface area contributed by atoms with Crippen LogP contribution in [0.1, 0.15) is 24.0 Å². The molecular weight excluding hydrogens is 262 g/mol. The molecule has 1 aliphatic rings. The van der Waals surface area contributed by atoms with Gasteiger partial charge < -0.3 is 14.2 Å². The van der Waals surface area contributed by atoms with Crippen LogP contribution in [0, 0.1) is 0 Å². The summed E-state index contributed by atoms with van der Waals surface area (Å²) < 4.78 is 10.9. The maximum absolute atomic E-state index is 5.47. The van der Waals surface area contributed by atoms with Crippen LogP contribution < -0.4 is 5.32 Å². The van der Waals surface area contributed by atoms with Gasteiger partial charge in [0.2, 0.25) is 0 Å². The first-order valence-corrected chi connectivity index (χ1v) is 6.36. The van der Waals surface area contributed by atoms with Gasteiger partial charge in [0, 0.05) is 13.5 Å². The van der Waals surface area contributed by atoms with Crippen LogP contribution in [0.5, 0.6) is 0 Å². The van der Waals surface area contributed by atoms with E-state index in [2.05, 4.69) is 10.4 Å². The Kier molecular flexibility index (Phi) is 3.08. The Morgan fingerprint density at radius 2 is 2.16 bits per heavy atom. The molecule has 1 unspecified atom stereocenters. The van der Waals surface area contributed by atoms with Crippen molar-refractivity contribution in [1.29, 1.82) is 0 Å².